The summed E-state index contributed by atoms with van der Waals surface area (Å²) in [5.41, 5.74) is 0. The molecule has 4 heteroatoms. The molecule has 0 bridgehead atoms. The molecule has 2 N–H and O–H groups in total. The van der Waals surface area contributed by atoms with Gasteiger partial charge in [0.25, 0.3) is 0 Å². The van der Waals surface area contributed by atoms with Crippen molar-refractivity contribution in [2.24, 2.45) is 0 Å². The van der Waals surface area contributed by atoms with Gasteiger partial charge in [0.1, 0.15) is 11.1 Å². The molecule has 168 valence electrons. The topological polar surface area (TPSA) is 40.5 Å². The minimum absolute atomic E-state index is 0.263. The molecule has 0 fully saturated rings. The maximum atomic E-state index is 12.3. The van der Waals surface area contributed by atoms with E-state index in [1.807, 2.05) is 72.8 Å². The molecule has 0 aliphatic heterocycles. The van der Waals surface area contributed by atoms with Crippen LogP contribution in [-0.4, -0.2) is 15.6 Å². The number of hydrogen-bond donors (Lipinski definition) is 2. The summed E-state index contributed by atoms with van der Waals surface area (Å²) in [5, 5.41) is 27.7. The van der Waals surface area contributed by atoms with Crippen LogP contribution in [0.2, 0.25) is 0 Å². The Morgan fingerprint density at radius 2 is 0.941 bits per heavy atom. The molecule has 4 aromatic rings. The first-order valence-corrected chi connectivity index (χ1v) is 14.0. The van der Waals surface area contributed by atoms with Crippen LogP contribution in [0.25, 0.3) is 0 Å². The molecule has 0 radical (unpaired) electrons. The lowest BCUT2D eigenvalue weighted by Gasteiger charge is -2.39. The van der Waals surface area contributed by atoms with Gasteiger partial charge < -0.3 is 10.2 Å². The SMILES string of the molecule is OC1=C(P(c2ccccc2)c2ccccc2)CC(O)(P(c2ccccc2)c2ccccc2)C=C1. The number of rotatable bonds is 6. The van der Waals surface area contributed by atoms with E-state index in [1.54, 1.807) is 12.2 Å². The Morgan fingerprint density at radius 1 is 0.559 bits per heavy atom. The Hall–Kier alpha value is -3.02. The molecule has 0 spiro atoms. The van der Waals surface area contributed by atoms with Gasteiger partial charge in [-0.1, -0.05) is 121 Å². The lowest BCUT2D eigenvalue weighted by Crippen LogP contribution is -2.35. The van der Waals surface area contributed by atoms with E-state index < -0.39 is 21.2 Å². The second kappa shape index (κ2) is 10.1. The van der Waals surface area contributed by atoms with Gasteiger partial charge in [-0.25, -0.2) is 0 Å². The fourth-order valence-electron chi connectivity index (χ4n) is 4.42. The quantitative estimate of drug-likeness (QED) is 0.349. The average Bonchev–Trinajstić information content (AvgIpc) is 2.89. The number of aliphatic hydroxyl groups is 2. The highest BCUT2D eigenvalue weighted by molar-refractivity contribution is 7.77. The predicted molar refractivity (Wildman–Crippen MR) is 147 cm³/mol. The molecule has 1 unspecified atom stereocenters. The molecule has 0 amide bonds. The number of aliphatic hydroxyl groups excluding tert-OH is 1. The lowest BCUT2D eigenvalue weighted by atomic mass is 10.1. The van der Waals surface area contributed by atoms with E-state index in [0.29, 0.717) is 6.42 Å². The van der Waals surface area contributed by atoms with Crippen LogP contribution in [0.1, 0.15) is 6.42 Å². The first kappa shape index (κ1) is 22.8. The molecule has 1 aliphatic carbocycles. The Bertz CT molecular complexity index is 1210. The van der Waals surface area contributed by atoms with E-state index in [0.717, 1.165) is 26.5 Å². The van der Waals surface area contributed by atoms with Gasteiger partial charge in [0.05, 0.1) is 0 Å². The Kier molecular flexibility index (Phi) is 6.75. The summed E-state index contributed by atoms with van der Waals surface area (Å²) >= 11 is 0. The van der Waals surface area contributed by atoms with Crippen LogP contribution in [0.4, 0.5) is 0 Å². The van der Waals surface area contributed by atoms with Crippen molar-refractivity contribution in [2.45, 2.75) is 11.8 Å². The Labute approximate surface area is 203 Å². The zero-order valence-electron chi connectivity index (χ0n) is 18.7. The van der Waals surface area contributed by atoms with Gasteiger partial charge in [0.2, 0.25) is 0 Å². The van der Waals surface area contributed by atoms with Crippen LogP contribution in [0.5, 0.6) is 0 Å². The van der Waals surface area contributed by atoms with Crippen molar-refractivity contribution in [3.63, 3.8) is 0 Å². The minimum atomic E-state index is -1.13. The third-order valence-corrected chi connectivity index (χ3v) is 11.2. The molecule has 0 saturated carbocycles. The second-order valence-electron chi connectivity index (χ2n) is 8.23. The van der Waals surface area contributed by atoms with Gasteiger partial charge in [0, 0.05) is 11.7 Å². The van der Waals surface area contributed by atoms with Crippen molar-refractivity contribution < 1.29 is 10.2 Å². The van der Waals surface area contributed by atoms with Crippen LogP contribution in [0, 0.1) is 0 Å². The third-order valence-electron chi connectivity index (χ3n) is 5.95. The molecule has 1 atom stereocenters. The first-order valence-electron chi connectivity index (χ1n) is 11.3. The summed E-state index contributed by atoms with van der Waals surface area (Å²) in [5.74, 6) is 0.263. The molecular weight excluding hydrogens is 454 g/mol. The van der Waals surface area contributed by atoms with Crippen LogP contribution >= 0.6 is 15.8 Å². The van der Waals surface area contributed by atoms with Crippen molar-refractivity contribution in [1.29, 1.82) is 0 Å². The minimum Gasteiger partial charge on any atom is -0.508 e. The molecule has 1 aliphatic rings. The number of benzene rings is 4. The largest absolute Gasteiger partial charge is 0.508 e. The lowest BCUT2D eigenvalue weighted by molar-refractivity contribution is 0.180. The van der Waals surface area contributed by atoms with Crippen molar-refractivity contribution in [3.8, 4) is 0 Å². The third kappa shape index (κ3) is 4.63. The van der Waals surface area contributed by atoms with E-state index >= 15 is 0 Å². The van der Waals surface area contributed by atoms with Gasteiger partial charge >= 0.3 is 0 Å². The van der Waals surface area contributed by atoms with Crippen LogP contribution in [0.3, 0.4) is 0 Å². The fourth-order valence-corrected chi connectivity index (χ4v) is 9.78. The fraction of sp³-hybridized carbons (Fsp3) is 0.0667. The Balaban J connectivity index is 1.62. The van der Waals surface area contributed by atoms with E-state index in [4.69, 9.17) is 0 Å². The molecule has 0 saturated heterocycles. The molecule has 4 aromatic carbocycles. The van der Waals surface area contributed by atoms with Crippen molar-refractivity contribution in [2.75, 3.05) is 0 Å². The highest BCUT2D eigenvalue weighted by atomic mass is 31.1. The van der Waals surface area contributed by atoms with Crippen molar-refractivity contribution >= 4 is 37.1 Å². The summed E-state index contributed by atoms with van der Waals surface area (Å²) in [7, 11) is -2.13. The van der Waals surface area contributed by atoms with E-state index in [-0.39, 0.29) is 5.76 Å². The maximum Gasteiger partial charge on any atom is 0.119 e. The van der Waals surface area contributed by atoms with Gasteiger partial charge in [-0.3, -0.25) is 0 Å². The zero-order valence-corrected chi connectivity index (χ0v) is 20.5. The van der Waals surface area contributed by atoms with Gasteiger partial charge in [0.15, 0.2) is 0 Å². The average molecular weight is 480 g/mol. The van der Waals surface area contributed by atoms with Gasteiger partial charge in [-0.15, -0.1) is 0 Å². The molecule has 0 aromatic heterocycles. The highest BCUT2D eigenvalue weighted by Crippen LogP contribution is 2.58. The van der Waals surface area contributed by atoms with Crippen LogP contribution in [-0.2, 0) is 0 Å². The molecule has 34 heavy (non-hydrogen) atoms. The maximum absolute atomic E-state index is 12.3. The van der Waals surface area contributed by atoms with E-state index in [9.17, 15) is 10.2 Å². The molecule has 0 heterocycles. The summed E-state index contributed by atoms with van der Waals surface area (Å²) in [6.07, 6.45) is 3.89. The van der Waals surface area contributed by atoms with Gasteiger partial charge in [-0.2, -0.15) is 0 Å². The van der Waals surface area contributed by atoms with Gasteiger partial charge in [-0.05, 0) is 49.2 Å². The number of allylic oxidation sites excluding steroid dienone is 1. The normalized spacial score (nSPS) is 18.0. The summed E-state index contributed by atoms with van der Waals surface area (Å²) in [4.78, 5) is 0. The van der Waals surface area contributed by atoms with Crippen LogP contribution in [0.15, 0.2) is 145 Å². The highest BCUT2D eigenvalue weighted by Gasteiger charge is 2.41. The summed E-state index contributed by atoms with van der Waals surface area (Å²) in [6.45, 7) is 0. The zero-order chi connectivity index (χ0) is 23.4. The van der Waals surface area contributed by atoms with Crippen LogP contribution < -0.4 is 21.2 Å². The second-order valence-corrected chi connectivity index (χ2v) is 13.0. The van der Waals surface area contributed by atoms with E-state index in [2.05, 4.69) is 48.5 Å². The predicted octanol–water partition coefficient (Wildman–Crippen LogP) is 5.67. The molecule has 5 rings (SSSR count). The monoisotopic (exact) mass is 480 g/mol. The molecule has 2 nitrogen and oxygen atoms in total. The number of hydrogen-bond acceptors (Lipinski definition) is 2. The molecular formula is C30H26O2P2. The van der Waals surface area contributed by atoms with Crippen molar-refractivity contribution in [3.05, 3.63) is 145 Å². The first-order chi connectivity index (χ1) is 16.7. The smallest absolute Gasteiger partial charge is 0.119 e. The standard InChI is InChI=1S/C30H26O2P2/c31-28-21-22-30(32,34(26-17-9-3-10-18-26)27-19-11-4-12-20-27)23-29(28)33(24-13-5-1-6-14-24)25-15-7-2-8-16-25/h1-22,31-32H,23H2. The van der Waals surface area contributed by atoms with Crippen molar-refractivity contribution in [1.82, 2.24) is 0 Å². The summed E-state index contributed by atoms with van der Waals surface area (Å²) < 4.78 is 0. The van der Waals surface area contributed by atoms with E-state index in [1.165, 1.54) is 0 Å². The summed E-state index contributed by atoms with van der Waals surface area (Å²) in [6, 6.07) is 41.2. The Morgan fingerprint density at radius 3 is 1.35 bits per heavy atom.